The molecule has 0 aliphatic rings. The van der Waals surface area contributed by atoms with Crippen molar-refractivity contribution in [3.05, 3.63) is 33.8 Å². The third-order valence-electron chi connectivity index (χ3n) is 1.92. The van der Waals surface area contributed by atoms with Crippen molar-refractivity contribution in [1.29, 1.82) is 0 Å². The van der Waals surface area contributed by atoms with Crippen LogP contribution in [0.4, 0.5) is 0 Å². The first-order valence-electron chi connectivity index (χ1n) is 5.08. The quantitative estimate of drug-likeness (QED) is 0.626. The van der Waals surface area contributed by atoms with Crippen LogP contribution < -0.4 is 0 Å². The van der Waals surface area contributed by atoms with Crippen molar-refractivity contribution < 1.29 is 14.3 Å². The zero-order valence-electron chi connectivity index (χ0n) is 9.50. The van der Waals surface area contributed by atoms with Gasteiger partial charge in [-0.1, -0.05) is 29.3 Å². The lowest BCUT2D eigenvalue weighted by Gasteiger charge is -2.07. The Hall–Kier alpha value is -1.06. The second kappa shape index (κ2) is 6.03. The fourth-order valence-electron chi connectivity index (χ4n) is 1.19. The molecule has 0 spiro atoms. The van der Waals surface area contributed by atoms with Gasteiger partial charge in [-0.15, -0.1) is 0 Å². The molecule has 0 aromatic heterocycles. The Bertz CT molecular complexity index is 441. The van der Waals surface area contributed by atoms with Crippen LogP contribution in [-0.2, 0) is 20.7 Å². The van der Waals surface area contributed by atoms with Gasteiger partial charge < -0.3 is 4.74 Å². The lowest BCUT2D eigenvalue weighted by Crippen LogP contribution is -2.22. The van der Waals surface area contributed by atoms with Gasteiger partial charge in [0.25, 0.3) is 0 Å². The summed E-state index contributed by atoms with van der Waals surface area (Å²) >= 11 is 11.5. The van der Waals surface area contributed by atoms with Gasteiger partial charge in [0.1, 0.15) is 0 Å². The Morgan fingerprint density at radius 3 is 2.41 bits per heavy atom. The minimum atomic E-state index is -0.828. The Morgan fingerprint density at radius 2 is 1.88 bits per heavy atom. The first-order valence-corrected chi connectivity index (χ1v) is 5.83. The van der Waals surface area contributed by atoms with E-state index in [1.807, 2.05) is 0 Å². The number of hydrogen-bond donors (Lipinski definition) is 0. The zero-order chi connectivity index (χ0) is 13.0. The molecular formula is C12H12Cl2O3. The summed E-state index contributed by atoms with van der Waals surface area (Å²) in [5.74, 6) is -1.43. The summed E-state index contributed by atoms with van der Waals surface area (Å²) < 4.78 is 4.79. The molecule has 0 N–H and O–H groups in total. The van der Waals surface area contributed by atoms with E-state index in [1.165, 1.54) is 0 Å². The molecule has 1 rings (SSSR count). The number of Topliss-reactive ketones (excluding diaryl/α,β-unsaturated/α-hetero) is 1. The molecule has 3 nitrogen and oxygen atoms in total. The first-order chi connectivity index (χ1) is 7.90. The normalized spacial score (nSPS) is 10.4. The average Bonchev–Trinajstić information content (AvgIpc) is 2.22. The van der Waals surface area contributed by atoms with Crippen LogP contribution in [0.25, 0.3) is 0 Å². The molecule has 92 valence electrons. The van der Waals surface area contributed by atoms with E-state index in [4.69, 9.17) is 27.9 Å². The lowest BCUT2D eigenvalue weighted by atomic mass is 10.1. The van der Waals surface area contributed by atoms with E-state index in [0.29, 0.717) is 15.6 Å². The van der Waals surface area contributed by atoms with E-state index >= 15 is 0 Å². The predicted octanol–water partition coefficient (Wildman–Crippen LogP) is 3.06. The maximum Gasteiger partial charge on any atom is 0.375 e. The highest BCUT2D eigenvalue weighted by Crippen LogP contribution is 2.22. The summed E-state index contributed by atoms with van der Waals surface area (Å²) in [6.07, 6.45) is -0.345. The van der Waals surface area contributed by atoms with Gasteiger partial charge in [-0.2, -0.15) is 0 Å². The van der Waals surface area contributed by atoms with Crippen molar-refractivity contribution in [3.63, 3.8) is 0 Å². The van der Waals surface area contributed by atoms with Gasteiger partial charge in [-0.3, -0.25) is 4.79 Å². The molecule has 0 aliphatic heterocycles. The highest BCUT2D eigenvalue weighted by atomic mass is 35.5. The summed E-state index contributed by atoms with van der Waals surface area (Å²) in [4.78, 5) is 22.8. The molecule has 17 heavy (non-hydrogen) atoms. The SMILES string of the molecule is CC(C)OC(=O)C(=O)Cc1ccc(Cl)c(Cl)c1. The standard InChI is InChI=1S/C12H12Cl2O3/c1-7(2)17-12(16)11(15)6-8-3-4-9(13)10(14)5-8/h3-5,7H,6H2,1-2H3. The fraction of sp³-hybridized carbons (Fsp3) is 0.333. The molecule has 0 saturated carbocycles. The van der Waals surface area contributed by atoms with Crippen LogP contribution in [-0.4, -0.2) is 17.9 Å². The third kappa shape index (κ3) is 4.36. The number of carbonyl (C=O) groups excluding carboxylic acids is 2. The highest BCUT2D eigenvalue weighted by molar-refractivity contribution is 6.42. The largest absolute Gasteiger partial charge is 0.457 e. The van der Waals surface area contributed by atoms with Crippen molar-refractivity contribution in [1.82, 2.24) is 0 Å². The van der Waals surface area contributed by atoms with Crippen molar-refractivity contribution in [2.45, 2.75) is 26.4 Å². The van der Waals surface area contributed by atoms with Crippen LogP contribution in [0.2, 0.25) is 10.0 Å². The molecule has 0 heterocycles. The Morgan fingerprint density at radius 1 is 1.24 bits per heavy atom. The lowest BCUT2D eigenvalue weighted by molar-refractivity contribution is -0.156. The number of benzene rings is 1. The third-order valence-corrected chi connectivity index (χ3v) is 2.66. The van der Waals surface area contributed by atoms with Gasteiger partial charge in [0.15, 0.2) is 0 Å². The van der Waals surface area contributed by atoms with Crippen molar-refractivity contribution in [3.8, 4) is 0 Å². The van der Waals surface area contributed by atoms with E-state index in [9.17, 15) is 9.59 Å². The van der Waals surface area contributed by atoms with Gasteiger partial charge in [-0.05, 0) is 31.5 Å². The Labute approximate surface area is 110 Å². The number of hydrogen-bond acceptors (Lipinski definition) is 3. The van der Waals surface area contributed by atoms with Gasteiger partial charge in [0.2, 0.25) is 5.78 Å². The number of ketones is 1. The minimum absolute atomic E-state index is 0.0392. The molecule has 0 unspecified atom stereocenters. The van der Waals surface area contributed by atoms with Crippen LogP contribution >= 0.6 is 23.2 Å². The van der Waals surface area contributed by atoms with E-state index < -0.39 is 11.8 Å². The maximum absolute atomic E-state index is 11.5. The summed E-state index contributed by atoms with van der Waals surface area (Å²) in [6.45, 7) is 3.37. The highest BCUT2D eigenvalue weighted by Gasteiger charge is 2.17. The fourth-order valence-corrected chi connectivity index (χ4v) is 1.51. The number of carbonyl (C=O) groups is 2. The van der Waals surface area contributed by atoms with E-state index in [1.54, 1.807) is 32.0 Å². The van der Waals surface area contributed by atoms with Crippen LogP contribution in [0.15, 0.2) is 18.2 Å². The van der Waals surface area contributed by atoms with E-state index in [-0.39, 0.29) is 12.5 Å². The minimum Gasteiger partial charge on any atom is -0.457 e. The summed E-state index contributed by atoms with van der Waals surface area (Å²) in [5, 5.41) is 0.766. The number of esters is 1. The number of halogens is 2. The van der Waals surface area contributed by atoms with Crippen LogP contribution in [0, 0.1) is 0 Å². The zero-order valence-corrected chi connectivity index (χ0v) is 11.0. The smallest absolute Gasteiger partial charge is 0.375 e. The monoisotopic (exact) mass is 274 g/mol. The second-order valence-electron chi connectivity index (χ2n) is 3.80. The summed E-state index contributed by atoms with van der Waals surface area (Å²) in [7, 11) is 0. The Kier molecular flexibility index (Phi) is 4.97. The van der Waals surface area contributed by atoms with Crippen LogP contribution in [0.3, 0.4) is 0 Å². The molecule has 0 fully saturated rings. The van der Waals surface area contributed by atoms with Crippen LogP contribution in [0.5, 0.6) is 0 Å². The molecule has 5 heteroatoms. The molecule has 0 atom stereocenters. The number of ether oxygens (including phenoxy) is 1. The molecule has 0 bridgehead atoms. The second-order valence-corrected chi connectivity index (χ2v) is 4.62. The molecule has 1 aromatic rings. The van der Waals surface area contributed by atoms with E-state index in [0.717, 1.165) is 0 Å². The molecule has 0 amide bonds. The van der Waals surface area contributed by atoms with Crippen molar-refractivity contribution in [2.24, 2.45) is 0 Å². The molecular weight excluding hydrogens is 263 g/mol. The van der Waals surface area contributed by atoms with Crippen molar-refractivity contribution >= 4 is 35.0 Å². The molecule has 0 radical (unpaired) electrons. The van der Waals surface area contributed by atoms with Gasteiger partial charge in [0, 0.05) is 6.42 Å². The Balaban J connectivity index is 2.68. The van der Waals surface area contributed by atoms with E-state index in [2.05, 4.69) is 0 Å². The molecule has 0 saturated heterocycles. The topological polar surface area (TPSA) is 43.4 Å². The van der Waals surface area contributed by atoms with Crippen molar-refractivity contribution in [2.75, 3.05) is 0 Å². The summed E-state index contributed by atoms with van der Waals surface area (Å²) in [6, 6.07) is 4.79. The average molecular weight is 275 g/mol. The van der Waals surface area contributed by atoms with Gasteiger partial charge in [0.05, 0.1) is 16.1 Å². The van der Waals surface area contributed by atoms with Gasteiger partial charge >= 0.3 is 5.97 Å². The molecule has 0 aliphatic carbocycles. The van der Waals surface area contributed by atoms with Crippen LogP contribution in [0.1, 0.15) is 19.4 Å². The predicted molar refractivity (Wildman–Crippen MR) is 66.4 cm³/mol. The van der Waals surface area contributed by atoms with Gasteiger partial charge in [-0.25, -0.2) is 4.79 Å². The maximum atomic E-state index is 11.5. The summed E-state index contributed by atoms with van der Waals surface area (Å²) in [5.41, 5.74) is 0.630. The molecule has 1 aromatic carbocycles. The number of rotatable bonds is 4. The first kappa shape index (κ1) is 14.0.